The zero-order chi connectivity index (χ0) is 19.9. The molecule has 0 aliphatic carbocycles. The Balaban J connectivity index is 2.24. The fourth-order valence-corrected chi connectivity index (χ4v) is 3.33. The molecular formula is C26H29NO. The lowest BCUT2D eigenvalue weighted by Gasteiger charge is -2.24. The molecule has 2 nitrogen and oxygen atoms in total. The number of hydrogen-bond donors (Lipinski definition) is 0. The first kappa shape index (κ1) is 19.9. The van der Waals surface area contributed by atoms with Crippen LogP contribution >= 0.6 is 0 Å². The van der Waals surface area contributed by atoms with Crippen LogP contribution in [0.2, 0.25) is 0 Å². The van der Waals surface area contributed by atoms with E-state index in [9.17, 15) is 0 Å². The van der Waals surface area contributed by atoms with E-state index in [1.165, 1.54) is 22.3 Å². The van der Waals surface area contributed by atoms with Crippen molar-refractivity contribution in [2.75, 3.05) is 14.1 Å². The summed E-state index contributed by atoms with van der Waals surface area (Å²) in [6, 6.07) is 29.6. The van der Waals surface area contributed by atoms with Crippen LogP contribution in [-0.4, -0.2) is 25.2 Å². The fraction of sp³-hybridized carbons (Fsp3) is 0.231. The first-order valence-electron chi connectivity index (χ1n) is 9.88. The van der Waals surface area contributed by atoms with Gasteiger partial charge < -0.3 is 4.74 Å². The molecule has 0 spiro atoms. The van der Waals surface area contributed by atoms with Gasteiger partial charge in [-0.2, -0.15) is 0 Å². The number of hydrogen-bond acceptors (Lipinski definition) is 2. The van der Waals surface area contributed by atoms with Crippen LogP contribution in [0.5, 0.6) is 5.75 Å². The molecule has 1 unspecified atom stereocenters. The van der Waals surface area contributed by atoms with E-state index in [0.717, 1.165) is 17.7 Å². The summed E-state index contributed by atoms with van der Waals surface area (Å²) in [6.07, 6.45) is 0.922. The van der Waals surface area contributed by atoms with Crippen molar-refractivity contribution in [1.82, 2.24) is 4.90 Å². The number of rotatable bonds is 7. The molecule has 0 N–H and O–H groups in total. The number of ether oxygens (including phenoxy) is 1. The standard InChI is InChI=1S/C26H29NO/c1-5-23(21-14-8-6-9-15-21)26(22-16-10-7-11-17-22)24-18-12-13-19-25(24)28-20(2)27(3)4/h6-20H,5H2,1-4H3. The van der Waals surface area contributed by atoms with Crippen LogP contribution in [-0.2, 0) is 0 Å². The van der Waals surface area contributed by atoms with Crippen LogP contribution in [0.3, 0.4) is 0 Å². The molecule has 0 saturated carbocycles. The van der Waals surface area contributed by atoms with Crippen molar-refractivity contribution >= 4 is 11.1 Å². The average molecular weight is 372 g/mol. The molecule has 0 aliphatic heterocycles. The topological polar surface area (TPSA) is 12.5 Å². The molecular weight excluding hydrogens is 342 g/mol. The Morgan fingerprint density at radius 2 is 1.32 bits per heavy atom. The highest BCUT2D eigenvalue weighted by Crippen LogP contribution is 2.38. The first-order valence-corrected chi connectivity index (χ1v) is 9.88. The highest BCUT2D eigenvalue weighted by molar-refractivity contribution is 5.99. The van der Waals surface area contributed by atoms with Crippen LogP contribution in [0.4, 0.5) is 0 Å². The Labute approximate surface area is 169 Å². The predicted molar refractivity (Wildman–Crippen MR) is 119 cm³/mol. The second kappa shape index (κ2) is 9.38. The van der Waals surface area contributed by atoms with Crippen molar-refractivity contribution < 1.29 is 4.74 Å². The molecule has 0 amide bonds. The minimum absolute atomic E-state index is 0.0139. The van der Waals surface area contributed by atoms with E-state index in [-0.39, 0.29) is 6.23 Å². The summed E-state index contributed by atoms with van der Waals surface area (Å²) >= 11 is 0. The predicted octanol–water partition coefficient (Wildman–Crippen LogP) is 6.34. The Morgan fingerprint density at radius 3 is 1.89 bits per heavy atom. The Kier molecular flexibility index (Phi) is 6.67. The molecule has 0 aliphatic rings. The van der Waals surface area contributed by atoms with Gasteiger partial charge in [-0.1, -0.05) is 85.8 Å². The van der Waals surface area contributed by atoms with Crippen LogP contribution < -0.4 is 4.74 Å². The van der Waals surface area contributed by atoms with Gasteiger partial charge in [0.1, 0.15) is 12.0 Å². The first-order chi connectivity index (χ1) is 13.6. The summed E-state index contributed by atoms with van der Waals surface area (Å²) in [5.74, 6) is 0.907. The van der Waals surface area contributed by atoms with Crippen molar-refractivity contribution in [3.63, 3.8) is 0 Å². The summed E-state index contributed by atoms with van der Waals surface area (Å²) in [6.45, 7) is 4.29. The summed E-state index contributed by atoms with van der Waals surface area (Å²) in [7, 11) is 4.06. The quantitative estimate of drug-likeness (QED) is 0.355. The lowest BCUT2D eigenvalue weighted by Crippen LogP contribution is -2.30. The average Bonchev–Trinajstić information content (AvgIpc) is 2.73. The summed E-state index contributed by atoms with van der Waals surface area (Å²) in [4.78, 5) is 2.07. The SMILES string of the molecule is CCC(=C(c1ccccc1)c1ccccc1OC(C)N(C)C)c1ccccc1. The molecule has 3 aromatic rings. The van der Waals surface area contributed by atoms with Crippen molar-refractivity contribution in [2.45, 2.75) is 26.5 Å². The number of benzene rings is 3. The minimum atomic E-state index is -0.0139. The van der Waals surface area contributed by atoms with E-state index in [1.807, 2.05) is 20.2 Å². The maximum absolute atomic E-state index is 6.33. The second-order valence-corrected chi connectivity index (χ2v) is 7.12. The van der Waals surface area contributed by atoms with Gasteiger partial charge in [-0.15, -0.1) is 0 Å². The van der Waals surface area contributed by atoms with E-state index >= 15 is 0 Å². The van der Waals surface area contributed by atoms with E-state index in [1.54, 1.807) is 0 Å². The molecule has 0 aromatic heterocycles. The maximum Gasteiger partial charge on any atom is 0.149 e. The minimum Gasteiger partial charge on any atom is -0.475 e. The normalized spacial score (nSPS) is 13.2. The van der Waals surface area contributed by atoms with Crippen molar-refractivity contribution in [2.24, 2.45) is 0 Å². The van der Waals surface area contributed by atoms with Crippen molar-refractivity contribution in [3.8, 4) is 5.75 Å². The molecule has 0 radical (unpaired) electrons. The molecule has 28 heavy (non-hydrogen) atoms. The second-order valence-electron chi connectivity index (χ2n) is 7.12. The zero-order valence-electron chi connectivity index (χ0n) is 17.2. The largest absolute Gasteiger partial charge is 0.475 e. The monoisotopic (exact) mass is 371 g/mol. The van der Waals surface area contributed by atoms with Gasteiger partial charge in [0.15, 0.2) is 0 Å². The maximum atomic E-state index is 6.33. The smallest absolute Gasteiger partial charge is 0.149 e. The van der Waals surface area contributed by atoms with Gasteiger partial charge in [0.25, 0.3) is 0 Å². The molecule has 1 atom stereocenters. The van der Waals surface area contributed by atoms with Gasteiger partial charge in [-0.25, -0.2) is 0 Å². The zero-order valence-corrected chi connectivity index (χ0v) is 17.2. The molecule has 2 heteroatoms. The molecule has 0 saturated heterocycles. The van der Waals surface area contributed by atoms with Gasteiger partial charge in [-0.05, 0) is 55.8 Å². The van der Waals surface area contributed by atoms with Gasteiger partial charge in [-0.3, -0.25) is 4.90 Å². The van der Waals surface area contributed by atoms with Crippen LogP contribution in [0.25, 0.3) is 11.1 Å². The van der Waals surface area contributed by atoms with Crippen LogP contribution in [0, 0.1) is 0 Å². The van der Waals surface area contributed by atoms with Gasteiger partial charge in [0.2, 0.25) is 0 Å². The van der Waals surface area contributed by atoms with Gasteiger partial charge >= 0.3 is 0 Å². The van der Waals surface area contributed by atoms with E-state index < -0.39 is 0 Å². The summed E-state index contributed by atoms with van der Waals surface area (Å²) in [5, 5.41) is 0. The third-order valence-corrected chi connectivity index (χ3v) is 5.02. The Bertz CT molecular complexity index is 913. The molecule has 0 fully saturated rings. The van der Waals surface area contributed by atoms with E-state index in [2.05, 4.69) is 97.6 Å². The van der Waals surface area contributed by atoms with Crippen molar-refractivity contribution in [3.05, 3.63) is 102 Å². The lowest BCUT2D eigenvalue weighted by molar-refractivity contribution is 0.0813. The molecule has 144 valence electrons. The third-order valence-electron chi connectivity index (χ3n) is 5.02. The molecule has 3 aromatic carbocycles. The molecule has 0 heterocycles. The molecule has 0 bridgehead atoms. The lowest BCUT2D eigenvalue weighted by atomic mass is 9.88. The van der Waals surface area contributed by atoms with E-state index in [0.29, 0.717) is 0 Å². The number of nitrogens with zero attached hydrogens (tertiary/aromatic N) is 1. The Morgan fingerprint density at radius 1 is 0.786 bits per heavy atom. The number of allylic oxidation sites excluding steroid dienone is 1. The number of para-hydroxylation sites is 1. The summed E-state index contributed by atoms with van der Waals surface area (Å²) in [5.41, 5.74) is 6.13. The van der Waals surface area contributed by atoms with Crippen LogP contribution in [0.15, 0.2) is 84.9 Å². The fourth-order valence-electron chi connectivity index (χ4n) is 3.33. The molecule has 3 rings (SSSR count). The van der Waals surface area contributed by atoms with Crippen molar-refractivity contribution in [1.29, 1.82) is 0 Å². The third kappa shape index (κ3) is 4.52. The summed E-state index contributed by atoms with van der Waals surface area (Å²) < 4.78 is 6.33. The van der Waals surface area contributed by atoms with Crippen LogP contribution in [0.1, 0.15) is 37.0 Å². The Hall–Kier alpha value is -2.84. The van der Waals surface area contributed by atoms with E-state index in [4.69, 9.17) is 4.74 Å². The van der Waals surface area contributed by atoms with Gasteiger partial charge in [0.05, 0.1) is 0 Å². The highest BCUT2D eigenvalue weighted by Gasteiger charge is 2.18. The highest BCUT2D eigenvalue weighted by atomic mass is 16.5. The van der Waals surface area contributed by atoms with Gasteiger partial charge in [0, 0.05) is 5.56 Å².